The predicted octanol–water partition coefficient (Wildman–Crippen LogP) is 6.55. The molecule has 0 aliphatic carbocycles. The van der Waals surface area contributed by atoms with Crippen LogP contribution in [0.25, 0.3) is 0 Å². The maximum absolute atomic E-state index is 10.4. The number of unbranched alkanes of at least 4 members (excludes halogenated alkanes) is 6. The van der Waals surface area contributed by atoms with E-state index in [-0.39, 0.29) is 11.5 Å². The molecule has 0 radical (unpaired) electrons. The zero-order valence-corrected chi connectivity index (χ0v) is 20.7. The van der Waals surface area contributed by atoms with Crippen molar-refractivity contribution in [3.63, 3.8) is 0 Å². The van der Waals surface area contributed by atoms with E-state index in [1.54, 1.807) is 36.7 Å². The van der Waals surface area contributed by atoms with Gasteiger partial charge in [0.1, 0.15) is 0 Å². The largest absolute Gasteiger partial charge is 0.504 e. The van der Waals surface area contributed by atoms with Crippen LogP contribution in [-0.2, 0) is 0 Å². The molecule has 0 atom stereocenters. The third-order valence-electron chi connectivity index (χ3n) is 5.39. The Morgan fingerprint density at radius 2 is 1.09 bits per heavy atom. The van der Waals surface area contributed by atoms with Gasteiger partial charge in [0, 0.05) is 23.6 Å². The van der Waals surface area contributed by atoms with Gasteiger partial charge in [0.15, 0.2) is 23.0 Å². The van der Waals surface area contributed by atoms with E-state index in [1.807, 2.05) is 12.1 Å². The molecule has 0 saturated heterocycles. The van der Waals surface area contributed by atoms with Crippen molar-refractivity contribution in [3.8, 4) is 23.0 Å². The number of benzene rings is 2. The van der Waals surface area contributed by atoms with Gasteiger partial charge >= 0.3 is 0 Å². The Balaban J connectivity index is 1.80. The third kappa shape index (κ3) is 9.86. The highest BCUT2D eigenvalue weighted by atomic mass is 16.5. The lowest BCUT2D eigenvalue weighted by Crippen LogP contribution is -1.99. The first-order chi connectivity index (χ1) is 16.7. The molecule has 0 saturated carbocycles. The quantitative estimate of drug-likeness (QED) is 0.204. The fraction of sp³-hybridized carbons (Fsp3) is 0.500. The van der Waals surface area contributed by atoms with Crippen molar-refractivity contribution < 1.29 is 19.7 Å². The standard InChI is InChI=1S/C28H40N2O4/c1-3-5-7-9-19-33-25-15-11-13-23(27(25)31)21-29-17-18-30-22-24-14-12-16-26(28(24)32)34-20-10-8-6-4-2/h11-16,21-22,31-32H,3-10,17-20H2,1-2H3. The Morgan fingerprint density at radius 1 is 0.647 bits per heavy atom. The summed E-state index contributed by atoms with van der Waals surface area (Å²) in [7, 11) is 0. The molecule has 0 amide bonds. The van der Waals surface area contributed by atoms with Crippen molar-refractivity contribution in [2.75, 3.05) is 26.3 Å². The van der Waals surface area contributed by atoms with Gasteiger partial charge in [0.25, 0.3) is 0 Å². The third-order valence-corrected chi connectivity index (χ3v) is 5.39. The van der Waals surface area contributed by atoms with E-state index in [2.05, 4.69) is 23.8 Å². The first-order valence-corrected chi connectivity index (χ1v) is 12.6. The van der Waals surface area contributed by atoms with E-state index in [9.17, 15) is 10.2 Å². The fourth-order valence-corrected chi connectivity index (χ4v) is 3.38. The van der Waals surface area contributed by atoms with Crippen molar-refractivity contribution >= 4 is 12.4 Å². The molecule has 2 aromatic carbocycles. The molecule has 0 unspecified atom stereocenters. The van der Waals surface area contributed by atoms with Crippen molar-refractivity contribution in [1.82, 2.24) is 0 Å². The van der Waals surface area contributed by atoms with Gasteiger partial charge in [0.2, 0.25) is 0 Å². The summed E-state index contributed by atoms with van der Waals surface area (Å²) < 4.78 is 11.4. The highest BCUT2D eigenvalue weighted by Gasteiger charge is 2.07. The molecule has 0 heterocycles. The van der Waals surface area contributed by atoms with E-state index in [4.69, 9.17) is 9.47 Å². The number of hydrogen-bond acceptors (Lipinski definition) is 6. The van der Waals surface area contributed by atoms with Crippen LogP contribution in [0.5, 0.6) is 23.0 Å². The van der Waals surface area contributed by atoms with Crippen molar-refractivity contribution in [2.24, 2.45) is 9.98 Å². The SMILES string of the molecule is CCCCCCOc1cccc(C=NCCN=Cc2cccc(OCCCCCC)c2O)c1O. The molecule has 34 heavy (non-hydrogen) atoms. The Labute approximate surface area is 204 Å². The molecule has 0 aliphatic heterocycles. The molecule has 0 fully saturated rings. The molecule has 0 spiro atoms. The van der Waals surface area contributed by atoms with Gasteiger partial charge < -0.3 is 19.7 Å². The number of phenolic OH excluding ortho intramolecular Hbond substituents is 2. The number of aliphatic imine (C=N–C) groups is 2. The lowest BCUT2D eigenvalue weighted by atomic mass is 10.2. The lowest BCUT2D eigenvalue weighted by Gasteiger charge is -2.09. The van der Waals surface area contributed by atoms with Gasteiger partial charge in [-0.15, -0.1) is 0 Å². The molecule has 6 heteroatoms. The second-order valence-corrected chi connectivity index (χ2v) is 8.28. The number of hydrogen-bond donors (Lipinski definition) is 2. The molecule has 2 rings (SSSR count). The summed E-state index contributed by atoms with van der Waals surface area (Å²) in [6.45, 7) is 6.48. The number of ether oxygens (including phenoxy) is 2. The summed E-state index contributed by atoms with van der Waals surface area (Å²) in [5, 5.41) is 20.8. The molecular formula is C28H40N2O4. The Bertz CT molecular complexity index is 822. The Kier molecular flexibility index (Phi) is 13.3. The predicted molar refractivity (Wildman–Crippen MR) is 140 cm³/mol. The van der Waals surface area contributed by atoms with E-state index in [0.717, 1.165) is 25.7 Å². The fourth-order valence-electron chi connectivity index (χ4n) is 3.38. The topological polar surface area (TPSA) is 83.6 Å². The second kappa shape index (κ2) is 16.6. The summed E-state index contributed by atoms with van der Waals surface area (Å²) in [6, 6.07) is 10.8. The van der Waals surface area contributed by atoms with Crippen molar-refractivity contribution in [3.05, 3.63) is 47.5 Å². The smallest absolute Gasteiger partial charge is 0.166 e. The normalized spacial score (nSPS) is 11.5. The van der Waals surface area contributed by atoms with Gasteiger partial charge in [-0.3, -0.25) is 9.98 Å². The molecule has 2 N–H and O–H groups in total. The van der Waals surface area contributed by atoms with Crippen LogP contribution in [0.15, 0.2) is 46.4 Å². The zero-order valence-electron chi connectivity index (χ0n) is 20.7. The summed E-state index contributed by atoms with van der Waals surface area (Å²) >= 11 is 0. The molecule has 0 aromatic heterocycles. The van der Waals surface area contributed by atoms with Gasteiger partial charge in [-0.1, -0.05) is 64.5 Å². The van der Waals surface area contributed by atoms with Gasteiger partial charge in [-0.25, -0.2) is 0 Å². The molecule has 2 aromatic rings. The lowest BCUT2D eigenvalue weighted by molar-refractivity contribution is 0.289. The van der Waals surface area contributed by atoms with Crippen LogP contribution in [0.4, 0.5) is 0 Å². The van der Waals surface area contributed by atoms with Crippen LogP contribution in [-0.4, -0.2) is 48.9 Å². The second-order valence-electron chi connectivity index (χ2n) is 8.28. The first-order valence-electron chi connectivity index (χ1n) is 12.6. The van der Waals surface area contributed by atoms with Crippen LogP contribution in [0.1, 0.15) is 76.3 Å². The number of phenols is 2. The van der Waals surface area contributed by atoms with Crippen LogP contribution in [0.3, 0.4) is 0 Å². The number of nitrogens with zero attached hydrogens (tertiary/aromatic N) is 2. The monoisotopic (exact) mass is 468 g/mol. The average Bonchev–Trinajstić information content (AvgIpc) is 2.84. The maximum Gasteiger partial charge on any atom is 0.166 e. The highest BCUT2D eigenvalue weighted by molar-refractivity contribution is 5.85. The number of rotatable bonds is 17. The van der Waals surface area contributed by atoms with Crippen molar-refractivity contribution in [1.29, 1.82) is 0 Å². The number of aromatic hydroxyl groups is 2. The van der Waals surface area contributed by atoms with Crippen LogP contribution < -0.4 is 9.47 Å². The van der Waals surface area contributed by atoms with E-state index >= 15 is 0 Å². The van der Waals surface area contributed by atoms with E-state index in [1.165, 1.54) is 25.7 Å². The molecular weight excluding hydrogens is 428 g/mol. The van der Waals surface area contributed by atoms with Gasteiger partial charge in [0.05, 0.1) is 26.3 Å². The van der Waals surface area contributed by atoms with Crippen LogP contribution in [0.2, 0.25) is 0 Å². The summed E-state index contributed by atoms with van der Waals surface area (Å²) in [5.74, 6) is 1.20. The van der Waals surface area contributed by atoms with Crippen molar-refractivity contribution in [2.45, 2.75) is 65.2 Å². The molecule has 6 nitrogen and oxygen atoms in total. The first kappa shape index (κ1) is 27.2. The van der Waals surface area contributed by atoms with Gasteiger partial charge in [-0.05, 0) is 37.1 Å². The minimum atomic E-state index is 0.113. The minimum Gasteiger partial charge on any atom is -0.504 e. The molecule has 0 aliphatic rings. The summed E-state index contributed by atoms with van der Waals surface area (Å²) in [5.41, 5.74) is 1.24. The highest BCUT2D eigenvalue weighted by Crippen LogP contribution is 2.30. The minimum absolute atomic E-state index is 0.113. The van der Waals surface area contributed by atoms with Gasteiger partial charge in [-0.2, -0.15) is 0 Å². The summed E-state index contributed by atoms with van der Waals surface area (Å²) in [6.07, 6.45) is 12.3. The van der Waals surface area contributed by atoms with Crippen LogP contribution >= 0.6 is 0 Å². The van der Waals surface area contributed by atoms with E-state index in [0.29, 0.717) is 48.9 Å². The maximum atomic E-state index is 10.4. The zero-order chi connectivity index (χ0) is 24.4. The van der Waals surface area contributed by atoms with E-state index < -0.39 is 0 Å². The Morgan fingerprint density at radius 3 is 1.50 bits per heavy atom. The molecule has 186 valence electrons. The summed E-state index contributed by atoms with van der Waals surface area (Å²) in [4.78, 5) is 8.72. The average molecular weight is 469 g/mol. The van der Waals surface area contributed by atoms with Crippen LogP contribution in [0, 0.1) is 0 Å². The number of para-hydroxylation sites is 2. The molecule has 0 bridgehead atoms. The Hall–Kier alpha value is -3.02.